The first kappa shape index (κ1) is 17.8. The van der Waals surface area contributed by atoms with Crippen LogP contribution in [0, 0.1) is 22.9 Å². The Morgan fingerprint density at radius 1 is 1.25 bits per heavy atom. The average Bonchev–Trinajstić information content (AvgIpc) is 2.49. The van der Waals surface area contributed by atoms with E-state index in [9.17, 15) is 23.3 Å². The highest BCUT2D eigenvalue weighted by Crippen LogP contribution is 2.31. The number of hydrogen-bond acceptors (Lipinski definition) is 3. The van der Waals surface area contributed by atoms with Crippen molar-refractivity contribution in [1.82, 2.24) is 0 Å². The van der Waals surface area contributed by atoms with E-state index in [0.717, 1.165) is 13.0 Å². The molecule has 2 rings (SSSR count). The SMILES string of the molecule is Cc1ccc(NCCc2c(F)cccc2[N+](=O)[O-])cc1C(C)(F)F. The molecule has 0 saturated carbocycles. The number of nitro groups is 1. The molecule has 0 heterocycles. The molecule has 0 amide bonds. The quantitative estimate of drug-likeness (QED) is 0.607. The highest BCUT2D eigenvalue weighted by molar-refractivity contribution is 5.50. The van der Waals surface area contributed by atoms with Gasteiger partial charge in [-0.2, -0.15) is 0 Å². The van der Waals surface area contributed by atoms with Crippen LogP contribution in [-0.2, 0) is 12.3 Å². The van der Waals surface area contributed by atoms with Crippen molar-refractivity contribution >= 4 is 11.4 Å². The molecule has 0 saturated heterocycles. The van der Waals surface area contributed by atoms with E-state index in [0.29, 0.717) is 11.3 Å². The second-order valence-corrected chi connectivity index (χ2v) is 5.59. The number of nitrogens with one attached hydrogen (secondary N) is 1. The Morgan fingerprint density at radius 3 is 2.58 bits per heavy atom. The molecule has 0 atom stereocenters. The van der Waals surface area contributed by atoms with Gasteiger partial charge in [0.2, 0.25) is 0 Å². The highest BCUT2D eigenvalue weighted by atomic mass is 19.3. The average molecular weight is 338 g/mol. The molecule has 128 valence electrons. The van der Waals surface area contributed by atoms with Gasteiger partial charge in [-0.3, -0.25) is 10.1 Å². The zero-order valence-electron chi connectivity index (χ0n) is 13.3. The summed E-state index contributed by atoms with van der Waals surface area (Å²) in [4.78, 5) is 10.3. The first-order valence-electron chi connectivity index (χ1n) is 7.34. The lowest BCUT2D eigenvalue weighted by molar-refractivity contribution is -0.385. The number of benzene rings is 2. The zero-order valence-corrected chi connectivity index (χ0v) is 13.3. The summed E-state index contributed by atoms with van der Waals surface area (Å²) >= 11 is 0. The van der Waals surface area contributed by atoms with Gasteiger partial charge in [0, 0.05) is 30.8 Å². The van der Waals surface area contributed by atoms with Crippen LogP contribution in [0.5, 0.6) is 0 Å². The summed E-state index contributed by atoms with van der Waals surface area (Å²) in [6.07, 6.45) is 0.0642. The fraction of sp³-hybridized carbons (Fsp3) is 0.294. The van der Waals surface area contributed by atoms with Crippen LogP contribution in [-0.4, -0.2) is 11.5 Å². The lowest BCUT2D eigenvalue weighted by Crippen LogP contribution is -2.12. The topological polar surface area (TPSA) is 55.2 Å². The van der Waals surface area contributed by atoms with Gasteiger partial charge in [-0.15, -0.1) is 0 Å². The maximum atomic E-state index is 13.8. The number of halogens is 3. The Morgan fingerprint density at radius 2 is 1.96 bits per heavy atom. The minimum atomic E-state index is -2.97. The number of anilines is 1. The predicted octanol–water partition coefficient (Wildman–Crippen LogP) is 4.81. The predicted molar refractivity (Wildman–Crippen MR) is 86.0 cm³/mol. The lowest BCUT2D eigenvalue weighted by atomic mass is 10.0. The fourth-order valence-electron chi connectivity index (χ4n) is 2.50. The van der Waals surface area contributed by atoms with Crippen LogP contribution in [0.1, 0.15) is 23.6 Å². The van der Waals surface area contributed by atoms with Crippen LogP contribution >= 0.6 is 0 Å². The Hall–Kier alpha value is -2.57. The van der Waals surface area contributed by atoms with Gasteiger partial charge in [0.15, 0.2) is 0 Å². The van der Waals surface area contributed by atoms with E-state index in [-0.39, 0.29) is 29.8 Å². The van der Waals surface area contributed by atoms with Crippen LogP contribution in [0.2, 0.25) is 0 Å². The van der Waals surface area contributed by atoms with Crippen LogP contribution in [0.4, 0.5) is 24.5 Å². The Labute approximate surface area is 137 Å². The Kier molecular flexibility index (Phi) is 5.11. The molecule has 0 spiro atoms. The van der Waals surface area contributed by atoms with Gasteiger partial charge < -0.3 is 5.32 Å². The summed E-state index contributed by atoms with van der Waals surface area (Å²) in [7, 11) is 0. The molecule has 0 aromatic heterocycles. The van der Waals surface area contributed by atoms with Crippen LogP contribution in [0.15, 0.2) is 36.4 Å². The Bertz CT molecular complexity index is 758. The van der Waals surface area contributed by atoms with Crippen LogP contribution in [0.3, 0.4) is 0 Å². The summed E-state index contributed by atoms with van der Waals surface area (Å²) in [5, 5.41) is 13.8. The van der Waals surface area contributed by atoms with E-state index < -0.39 is 16.7 Å². The third-order valence-corrected chi connectivity index (χ3v) is 3.71. The molecule has 0 unspecified atom stereocenters. The summed E-state index contributed by atoms with van der Waals surface area (Å²) in [5.74, 6) is -3.62. The second-order valence-electron chi connectivity index (χ2n) is 5.59. The number of alkyl halides is 2. The molecule has 0 aliphatic rings. The highest BCUT2D eigenvalue weighted by Gasteiger charge is 2.26. The first-order valence-corrected chi connectivity index (χ1v) is 7.34. The molecule has 2 aromatic rings. The number of aryl methyl sites for hydroxylation is 1. The van der Waals surface area contributed by atoms with Gasteiger partial charge in [-0.25, -0.2) is 13.2 Å². The molecular weight excluding hydrogens is 321 g/mol. The Balaban J connectivity index is 2.12. The number of nitrogens with zero attached hydrogens (tertiary/aromatic N) is 1. The van der Waals surface area contributed by atoms with Crippen molar-refractivity contribution in [2.24, 2.45) is 0 Å². The minimum Gasteiger partial charge on any atom is -0.385 e. The monoisotopic (exact) mass is 338 g/mol. The first-order chi connectivity index (χ1) is 11.2. The van der Waals surface area contributed by atoms with Crippen LogP contribution in [0.25, 0.3) is 0 Å². The molecule has 0 bridgehead atoms. The zero-order chi connectivity index (χ0) is 17.9. The van der Waals surface area contributed by atoms with Crippen molar-refractivity contribution in [3.8, 4) is 0 Å². The van der Waals surface area contributed by atoms with Crippen molar-refractivity contribution < 1.29 is 18.1 Å². The molecule has 1 N–H and O–H groups in total. The molecule has 0 fully saturated rings. The van der Waals surface area contributed by atoms with E-state index in [1.165, 1.54) is 18.2 Å². The second kappa shape index (κ2) is 6.90. The lowest BCUT2D eigenvalue weighted by Gasteiger charge is -2.16. The van der Waals surface area contributed by atoms with E-state index in [1.807, 2.05) is 0 Å². The van der Waals surface area contributed by atoms with Gasteiger partial charge in [-0.05, 0) is 37.1 Å². The van der Waals surface area contributed by atoms with E-state index >= 15 is 0 Å². The molecule has 0 aliphatic carbocycles. The minimum absolute atomic E-state index is 0.0110. The van der Waals surface area contributed by atoms with Crippen molar-refractivity contribution in [3.05, 3.63) is 69.0 Å². The maximum absolute atomic E-state index is 13.8. The molecule has 0 radical (unpaired) electrons. The van der Waals surface area contributed by atoms with Crippen molar-refractivity contribution in [2.45, 2.75) is 26.2 Å². The number of hydrogen-bond donors (Lipinski definition) is 1. The summed E-state index contributed by atoms with van der Waals surface area (Å²) in [5.41, 5.74) is 0.530. The van der Waals surface area contributed by atoms with Gasteiger partial charge in [0.05, 0.1) is 10.5 Å². The maximum Gasteiger partial charge on any atom is 0.275 e. The summed E-state index contributed by atoms with van der Waals surface area (Å²) < 4.78 is 40.8. The van der Waals surface area contributed by atoms with Gasteiger partial charge in [-0.1, -0.05) is 12.1 Å². The van der Waals surface area contributed by atoms with Crippen molar-refractivity contribution in [2.75, 3.05) is 11.9 Å². The molecule has 0 aliphatic heterocycles. The molecular formula is C17H17F3N2O2. The van der Waals surface area contributed by atoms with Crippen molar-refractivity contribution in [3.63, 3.8) is 0 Å². The number of rotatable bonds is 6. The fourth-order valence-corrected chi connectivity index (χ4v) is 2.50. The van der Waals surface area contributed by atoms with Crippen molar-refractivity contribution in [1.29, 1.82) is 0 Å². The third kappa shape index (κ3) is 4.04. The smallest absolute Gasteiger partial charge is 0.275 e. The molecule has 24 heavy (non-hydrogen) atoms. The van der Waals surface area contributed by atoms with Crippen LogP contribution < -0.4 is 5.32 Å². The summed E-state index contributed by atoms with van der Waals surface area (Å²) in [6.45, 7) is 2.60. The van der Waals surface area contributed by atoms with E-state index in [2.05, 4.69) is 5.32 Å². The molecule has 4 nitrogen and oxygen atoms in total. The third-order valence-electron chi connectivity index (χ3n) is 3.71. The normalized spacial score (nSPS) is 11.4. The van der Waals surface area contributed by atoms with Gasteiger partial charge in [0.1, 0.15) is 5.82 Å². The van der Waals surface area contributed by atoms with Gasteiger partial charge in [0.25, 0.3) is 11.6 Å². The van der Waals surface area contributed by atoms with Gasteiger partial charge >= 0.3 is 0 Å². The molecule has 2 aromatic carbocycles. The summed E-state index contributed by atoms with van der Waals surface area (Å²) in [6, 6.07) is 8.22. The number of nitro benzene ring substituents is 1. The largest absolute Gasteiger partial charge is 0.385 e. The van der Waals surface area contributed by atoms with E-state index in [4.69, 9.17) is 0 Å². The molecule has 7 heteroatoms. The van der Waals surface area contributed by atoms with E-state index in [1.54, 1.807) is 19.1 Å². The standard InChI is InChI=1S/C17H17F3N2O2/c1-11-6-7-12(10-14(11)17(2,19)20)21-9-8-13-15(18)4-3-5-16(13)22(23)24/h3-7,10,21H,8-9H2,1-2H3.